The van der Waals surface area contributed by atoms with Crippen molar-refractivity contribution in [3.63, 3.8) is 0 Å². The molecule has 1 heterocycles. The van der Waals surface area contributed by atoms with Crippen LogP contribution >= 0.6 is 11.6 Å². The number of carbonyl (C=O) groups excluding carboxylic acids is 1. The quantitative estimate of drug-likeness (QED) is 0.290. The number of para-hydroxylation sites is 1. The molecule has 5 aromatic rings. The molecule has 3 nitrogen and oxygen atoms in total. The van der Waals surface area contributed by atoms with Gasteiger partial charge < -0.3 is 9.15 Å². The SMILES string of the molecule is COC(=O)c1cc(Cl)ccc1-c1ccc2oc3ccccc3c2c1-c1ccccc1. The fraction of sp³-hybridized carbons (Fsp3) is 0.0385. The van der Waals surface area contributed by atoms with Crippen molar-refractivity contribution in [2.75, 3.05) is 7.11 Å². The molecule has 0 radical (unpaired) electrons. The van der Waals surface area contributed by atoms with Crippen LogP contribution in [-0.4, -0.2) is 13.1 Å². The van der Waals surface area contributed by atoms with Crippen molar-refractivity contribution in [1.82, 2.24) is 0 Å². The van der Waals surface area contributed by atoms with E-state index in [1.165, 1.54) is 7.11 Å². The smallest absolute Gasteiger partial charge is 0.338 e. The van der Waals surface area contributed by atoms with Gasteiger partial charge in [0.15, 0.2) is 0 Å². The Bertz CT molecular complexity index is 1400. The Morgan fingerprint density at radius 1 is 0.833 bits per heavy atom. The maximum Gasteiger partial charge on any atom is 0.338 e. The monoisotopic (exact) mass is 412 g/mol. The van der Waals surface area contributed by atoms with Crippen molar-refractivity contribution < 1.29 is 13.9 Å². The first-order valence-electron chi connectivity index (χ1n) is 9.55. The van der Waals surface area contributed by atoms with E-state index in [2.05, 4.69) is 18.2 Å². The Morgan fingerprint density at radius 3 is 2.37 bits per heavy atom. The van der Waals surface area contributed by atoms with Gasteiger partial charge in [-0.05, 0) is 47.0 Å². The van der Waals surface area contributed by atoms with Gasteiger partial charge in [0.1, 0.15) is 11.2 Å². The second-order valence-corrected chi connectivity index (χ2v) is 7.44. The lowest BCUT2D eigenvalue weighted by atomic mass is 9.88. The predicted octanol–water partition coefficient (Wildman–Crippen LogP) is 7.36. The Hall–Kier alpha value is -3.56. The predicted molar refractivity (Wildman–Crippen MR) is 121 cm³/mol. The van der Waals surface area contributed by atoms with E-state index in [4.69, 9.17) is 20.8 Å². The lowest BCUT2D eigenvalue weighted by Gasteiger charge is -2.15. The number of halogens is 1. The number of furan rings is 1. The summed E-state index contributed by atoms with van der Waals surface area (Å²) in [6, 6.07) is 27.3. The van der Waals surface area contributed by atoms with Crippen LogP contribution in [0.1, 0.15) is 10.4 Å². The van der Waals surface area contributed by atoms with Crippen LogP contribution in [0.5, 0.6) is 0 Å². The molecule has 0 amide bonds. The first-order valence-corrected chi connectivity index (χ1v) is 9.93. The molecule has 0 aliphatic rings. The van der Waals surface area contributed by atoms with Gasteiger partial charge >= 0.3 is 5.97 Å². The Kier molecular flexibility index (Phi) is 4.53. The van der Waals surface area contributed by atoms with Crippen LogP contribution < -0.4 is 0 Å². The van der Waals surface area contributed by atoms with Crippen LogP contribution in [-0.2, 0) is 4.74 Å². The van der Waals surface area contributed by atoms with E-state index in [-0.39, 0.29) is 0 Å². The van der Waals surface area contributed by atoms with E-state index < -0.39 is 5.97 Å². The highest BCUT2D eigenvalue weighted by molar-refractivity contribution is 6.31. The maximum absolute atomic E-state index is 12.5. The van der Waals surface area contributed by atoms with Crippen molar-refractivity contribution in [2.45, 2.75) is 0 Å². The van der Waals surface area contributed by atoms with Crippen LogP contribution in [0.3, 0.4) is 0 Å². The van der Waals surface area contributed by atoms with Crippen LogP contribution in [0.4, 0.5) is 0 Å². The minimum atomic E-state index is -0.427. The zero-order valence-corrected chi connectivity index (χ0v) is 16.9. The molecule has 0 N–H and O–H groups in total. The molecule has 0 fully saturated rings. The average Bonchev–Trinajstić information content (AvgIpc) is 3.17. The van der Waals surface area contributed by atoms with E-state index in [0.717, 1.165) is 44.2 Å². The zero-order chi connectivity index (χ0) is 20.7. The van der Waals surface area contributed by atoms with E-state index in [9.17, 15) is 4.79 Å². The normalized spacial score (nSPS) is 11.1. The molecule has 0 aliphatic heterocycles. The molecule has 0 aliphatic carbocycles. The van der Waals surface area contributed by atoms with Crippen molar-refractivity contribution in [2.24, 2.45) is 0 Å². The van der Waals surface area contributed by atoms with Gasteiger partial charge in [-0.15, -0.1) is 0 Å². The lowest BCUT2D eigenvalue weighted by molar-refractivity contribution is 0.0601. The van der Waals surface area contributed by atoms with Gasteiger partial charge in [-0.1, -0.05) is 66.2 Å². The average molecular weight is 413 g/mol. The summed E-state index contributed by atoms with van der Waals surface area (Å²) in [5.41, 5.74) is 5.77. The summed E-state index contributed by atoms with van der Waals surface area (Å²) >= 11 is 6.20. The molecule has 0 unspecified atom stereocenters. The van der Waals surface area contributed by atoms with Crippen molar-refractivity contribution in [1.29, 1.82) is 0 Å². The number of hydrogen-bond acceptors (Lipinski definition) is 3. The highest BCUT2D eigenvalue weighted by atomic mass is 35.5. The van der Waals surface area contributed by atoms with Crippen molar-refractivity contribution in [3.8, 4) is 22.3 Å². The minimum absolute atomic E-state index is 0.425. The first kappa shape index (κ1) is 18.5. The molecule has 0 saturated carbocycles. The molecule has 0 spiro atoms. The molecule has 4 heteroatoms. The van der Waals surface area contributed by atoms with Crippen LogP contribution in [0, 0.1) is 0 Å². The number of fused-ring (bicyclic) bond motifs is 3. The molecule has 146 valence electrons. The van der Waals surface area contributed by atoms with Gasteiger partial charge in [0, 0.05) is 21.4 Å². The third-order valence-corrected chi connectivity index (χ3v) is 5.52. The summed E-state index contributed by atoms with van der Waals surface area (Å²) in [5, 5.41) is 2.53. The Balaban J connectivity index is 1.93. The number of ether oxygens (including phenoxy) is 1. The van der Waals surface area contributed by atoms with Crippen LogP contribution in [0.2, 0.25) is 5.02 Å². The van der Waals surface area contributed by atoms with Gasteiger partial charge in [-0.2, -0.15) is 0 Å². The fourth-order valence-corrected chi connectivity index (χ4v) is 4.15. The number of methoxy groups -OCH3 is 1. The van der Waals surface area contributed by atoms with Crippen LogP contribution in [0.25, 0.3) is 44.2 Å². The van der Waals surface area contributed by atoms with Crippen molar-refractivity contribution in [3.05, 3.63) is 95.5 Å². The Labute approximate surface area is 178 Å². The van der Waals surface area contributed by atoms with Gasteiger partial charge in [0.25, 0.3) is 0 Å². The summed E-state index contributed by atoms with van der Waals surface area (Å²) in [6.45, 7) is 0. The third kappa shape index (κ3) is 2.95. The summed E-state index contributed by atoms with van der Waals surface area (Å²) in [4.78, 5) is 12.5. The minimum Gasteiger partial charge on any atom is -0.465 e. The molecular weight excluding hydrogens is 396 g/mol. The van der Waals surface area contributed by atoms with E-state index in [1.807, 2.05) is 54.6 Å². The molecule has 0 atom stereocenters. The Morgan fingerprint density at radius 2 is 1.57 bits per heavy atom. The summed E-state index contributed by atoms with van der Waals surface area (Å²) in [6.07, 6.45) is 0. The largest absolute Gasteiger partial charge is 0.465 e. The number of esters is 1. The summed E-state index contributed by atoms with van der Waals surface area (Å²) < 4.78 is 11.1. The first-order chi connectivity index (χ1) is 14.7. The number of hydrogen-bond donors (Lipinski definition) is 0. The molecule has 0 saturated heterocycles. The zero-order valence-electron chi connectivity index (χ0n) is 16.2. The highest BCUT2D eigenvalue weighted by Gasteiger charge is 2.21. The molecule has 5 rings (SSSR count). The molecule has 4 aromatic carbocycles. The van der Waals surface area contributed by atoms with E-state index in [0.29, 0.717) is 10.6 Å². The van der Waals surface area contributed by atoms with E-state index in [1.54, 1.807) is 12.1 Å². The number of benzene rings is 4. The van der Waals surface area contributed by atoms with E-state index >= 15 is 0 Å². The summed E-state index contributed by atoms with van der Waals surface area (Å²) in [7, 11) is 1.37. The number of carbonyl (C=O) groups is 1. The fourth-order valence-electron chi connectivity index (χ4n) is 3.98. The van der Waals surface area contributed by atoms with Gasteiger partial charge in [0.2, 0.25) is 0 Å². The van der Waals surface area contributed by atoms with Gasteiger partial charge in [-0.3, -0.25) is 0 Å². The molecule has 1 aromatic heterocycles. The second-order valence-electron chi connectivity index (χ2n) is 7.01. The standard InChI is InChI=1S/C26H17ClO3/c1-29-26(28)21-15-17(27)11-12-18(21)19-13-14-23-25(20-9-5-6-10-22(20)30-23)24(19)16-7-3-2-4-8-16/h2-15H,1H3. The maximum atomic E-state index is 12.5. The highest BCUT2D eigenvalue weighted by Crippen LogP contribution is 2.43. The van der Waals surface area contributed by atoms with Gasteiger partial charge in [0.05, 0.1) is 12.7 Å². The topological polar surface area (TPSA) is 39.4 Å². The molecular formula is C26H17ClO3. The number of rotatable bonds is 3. The summed E-state index contributed by atoms with van der Waals surface area (Å²) in [5.74, 6) is -0.427. The van der Waals surface area contributed by atoms with Gasteiger partial charge in [-0.25, -0.2) is 4.79 Å². The third-order valence-electron chi connectivity index (χ3n) is 5.28. The van der Waals surface area contributed by atoms with Crippen LogP contribution in [0.15, 0.2) is 89.3 Å². The van der Waals surface area contributed by atoms with Crippen molar-refractivity contribution >= 4 is 39.5 Å². The molecule has 0 bridgehead atoms. The molecule has 30 heavy (non-hydrogen) atoms. The second kappa shape index (κ2) is 7.36. The lowest BCUT2D eigenvalue weighted by Crippen LogP contribution is -2.04.